The van der Waals surface area contributed by atoms with E-state index in [2.05, 4.69) is 49.5 Å². The molecule has 0 saturated carbocycles. The van der Waals surface area contributed by atoms with Gasteiger partial charge in [0.15, 0.2) is 0 Å². The van der Waals surface area contributed by atoms with Crippen LogP contribution in [0.1, 0.15) is 52.5 Å². The van der Waals surface area contributed by atoms with Crippen LogP contribution in [0, 0.1) is 11.8 Å². The maximum atomic E-state index is 6.29. The van der Waals surface area contributed by atoms with E-state index in [1.54, 1.807) is 6.33 Å². The van der Waals surface area contributed by atoms with Crippen LogP contribution in [0.15, 0.2) is 6.33 Å². The van der Waals surface area contributed by atoms with Crippen molar-refractivity contribution in [3.63, 3.8) is 0 Å². The first-order chi connectivity index (χ1) is 8.91. The van der Waals surface area contributed by atoms with Crippen molar-refractivity contribution in [2.75, 3.05) is 11.4 Å². The van der Waals surface area contributed by atoms with Crippen molar-refractivity contribution in [2.45, 2.75) is 53.0 Å². The lowest BCUT2D eigenvalue weighted by atomic mass is 9.85. The van der Waals surface area contributed by atoms with E-state index in [4.69, 9.17) is 11.6 Å². The van der Waals surface area contributed by atoms with Crippen LogP contribution < -0.4 is 4.90 Å². The molecule has 2 heterocycles. The number of anilines is 1. The molecule has 1 aliphatic heterocycles. The van der Waals surface area contributed by atoms with Crippen molar-refractivity contribution in [1.82, 2.24) is 9.97 Å². The first kappa shape index (κ1) is 14.6. The van der Waals surface area contributed by atoms with Gasteiger partial charge in [0, 0.05) is 18.2 Å². The van der Waals surface area contributed by atoms with Gasteiger partial charge in [0.2, 0.25) is 0 Å². The minimum absolute atomic E-state index is 0.337. The molecule has 4 heteroatoms. The number of hydrogen-bond donors (Lipinski definition) is 0. The second-order valence-electron chi connectivity index (χ2n) is 6.27. The van der Waals surface area contributed by atoms with Gasteiger partial charge in [0.25, 0.3) is 0 Å². The van der Waals surface area contributed by atoms with Crippen LogP contribution in [0.25, 0.3) is 0 Å². The van der Waals surface area contributed by atoms with Gasteiger partial charge in [-0.15, -0.1) is 0 Å². The van der Waals surface area contributed by atoms with Crippen LogP contribution in [0.3, 0.4) is 0 Å². The molecular weight excluding hydrogens is 258 g/mol. The van der Waals surface area contributed by atoms with E-state index in [-0.39, 0.29) is 0 Å². The summed E-state index contributed by atoms with van der Waals surface area (Å²) in [6.45, 7) is 12.3. The molecule has 1 aliphatic rings. The first-order valence-electron chi connectivity index (χ1n) is 7.18. The fourth-order valence-corrected chi connectivity index (χ4v) is 3.43. The van der Waals surface area contributed by atoms with Gasteiger partial charge < -0.3 is 4.90 Å². The van der Waals surface area contributed by atoms with E-state index < -0.39 is 0 Å². The molecule has 0 amide bonds. The molecule has 2 rings (SSSR count). The van der Waals surface area contributed by atoms with Crippen molar-refractivity contribution in [3.05, 3.63) is 17.0 Å². The fourth-order valence-electron chi connectivity index (χ4n) is 3.09. The quantitative estimate of drug-likeness (QED) is 0.764. The van der Waals surface area contributed by atoms with Gasteiger partial charge in [0.05, 0.1) is 0 Å². The highest BCUT2D eigenvalue weighted by atomic mass is 35.5. The third-order valence-electron chi connectivity index (χ3n) is 4.26. The van der Waals surface area contributed by atoms with Crippen molar-refractivity contribution < 1.29 is 0 Å². The molecule has 0 bridgehead atoms. The molecule has 0 radical (unpaired) electrons. The third kappa shape index (κ3) is 2.86. The Morgan fingerprint density at radius 2 is 1.95 bits per heavy atom. The van der Waals surface area contributed by atoms with Gasteiger partial charge in [-0.3, -0.25) is 0 Å². The fraction of sp³-hybridized carbons (Fsp3) is 0.733. The number of aromatic nitrogens is 2. The molecule has 0 aromatic carbocycles. The Hall–Kier alpha value is -0.830. The molecule has 3 unspecified atom stereocenters. The Bertz CT molecular complexity index is 447. The number of halogens is 1. The van der Waals surface area contributed by atoms with E-state index in [9.17, 15) is 0 Å². The van der Waals surface area contributed by atoms with Crippen molar-refractivity contribution in [3.8, 4) is 0 Å². The molecule has 19 heavy (non-hydrogen) atoms. The van der Waals surface area contributed by atoms with Gasteiger partial charge in [-0.2, -0.15) is 0 Å². The van der Waals surface area contributed by atoms with Crippen LogP contribution in [0.2, 0.25) is 5.15 Å². The molecule has 1 aromatic heterocycles. The molecule has 1 fully saturated rings. The zero-order valence-electron chi connectivity index (χ0n) is 12.5. The predicted molar refractivity (Wildman–Crippen MR) is 80.9 cm³/mol. The average Bonchev–Trinajstić information content (AvgIpc) is 2.33. The van der Waals surface area contributed by atoms with Crippen LogP contribution in [-0.4, -0.2) is 22.6 Å². The van der Waals surface area contributed by atoms with Crippen LogP contribution in [0.5, 0.6) is 0 Å². The highest BCUT2D eigenvalue weighted by molar-refractivity contribution is 6.30. The summed E-state index contributed by atoms with van der Waals surface area (Å²) in [5, 5.41) is 0.595. The minimum atomic E-state index is 0.337. The molecular formula is C15H24ClN3. The second kappa shape index (κ2) is 5.66. The molecule has 0 N–H and O–H groups in total. The highest BCUT2D eigenvalue weighted by Crippen LogP contribution is 2.36. The number of hydrogen-bond acceptors (Lipinski definition) is 3. The molecule has 0 spiro atoms. The number of nitrogens with zero attached hydrogens (tertiary/aromatic N) is 3. The summed E-state index contributed by atoms with van der Waals surface area (Å²) in [6.07, 6.45) is 2.87. The smallest absolute Gasteiger partial charge is 0.138 e. The van der Waals surface area contributed by atoms with E-state index >= 15 is 0 Å². The number of rotatable bonds is 2. The van der Waals surface area contributed by atoms with Gasteiger partial charge in [-0.1, -0.05) is 39.3 Å². The summed E-state index contributed by atoms with van der Waals surface area (Å²) in [7, 11) is 0. The standard InChI is InChI=1S/C15H24ClN3/c1-9(2)13-14(16)17-8-18-15(13)19-7-10(3)6-11(4)12(19)5/h8-12H,6-7H2,1-5H3. The summed E-state index contributed by atoms with van der Waals surface area (Å²) in [6, 6.07) is 0.500. The lowest BCUT2D eigenvalue weighted by Gasteiger charge is -2.42. The molecule has 106 valence electrons. The third-order valence-corrected chi connectivity index (χ3v) is 4.56. The predicted octanol–water partition coefficient (Wildman–Crippen LogP) is 4.12. The van der Waals surface area contributed by atoms with Crippen molar-refractivity contribution >= 4 is 17.4 Å². The molecule has 1 aromatic rings. The van der Waals surface area contributed by atoms with Gasteiger partial charge in [0.1, 0.15) is 17.3 Å². The van der Waals surface area contributed by atoms with Gasteiger partial charge in [-0.25, -0.2) is 9.97 Å². The van der Waals surface area contributed by atoms with E-state index in [1.165, 1.54) is 6.42 Å². The SMILES string of the molecule is CC1CC(C)C(C)N(c2ncnc(Cl)c2C(C)C)C1. The maximum absolute atomic E-state index is 6.29. The van der Waals surface area contributed by atoms with E-state index in [0.717, 1.165) is 17.9 Å². The zero-order valence-corrected chi connectivity index (χ0v) is 13.3. The summed E-state index contributed by atoms with van der Waals surface area (Å²) in [4.78, 5) is 11.1. The largest absolute Gasteiger partial charge is 0.353 e. The Balaban J connectivity index is 2.43. The Labute approximate surface area is 121 Å². The monoisotopic (exact) mass is 281 g/mol. The number of piperidine rings is 1. The zero-order chi connectivity index (χ0) is 14.2. The Morgan fingerprint density at radius 3 is 2.58 bits per heavy atom. The Kier molecular flexibility index (Phi) is 4.34. The second-order valence-corrected chi connectivity index (χ2v) is 6.63. The van der Waals surface area contributed by atoms with Gasteiger partial charge in [-0.05, 0) is 31.1 Å². The minimum Gasteiger partial charge on any atom is -0.353 e. The summed E-state index contributed by atoms with van der Waals surface area (Å²) in [5.74, 6) is 2.74. The van der Waals surface area contributed by atoms with Crippen molar-refractivity contribution in [2.24, 2.45) is 11.8 Å². The summed E-state index contributed by atoms with van der Waals surface area (Å²) < 4.78 is 0. The van der Waals surface area contributed by atoms with Crippen LogP contribution in [-0.2, 0) is 0 Å². The summed E-state index contributed by atoms with van der Waals surface area (Å²) >= 11 is 6.29. The lowest BCUT2D eigenvalue weighted by molar-refractivity contribution is 0.295. The molecule has 3 atom stereocenters. The highest BCUT2D eigenvalue weighted by Gasteiger charge is 2.31. The average molecular weight is 282 g/mol. The van der Waals surface area contributed by atoms with Crippen LogP contribution >= 0.6 is 11.6 Å². The van der Waals surface area contributed by atoms with Crippen LogP contribution in [0.4, 0.5) is 5.82 Å². The summed E-state index contributed by atoms with van der Waals surface area (Å²) in [5.41, 5.74) is 1.08. The van der Waals surface area contributed by atoms with E-state index in [1.807, 2.05) is 0 Å². The van der Waals surface area contributed by atoms with E-state index in [0.29, 0.717) is 28.9 Å². The van der Waals surface area contributed by atoms with Gasteiger partial charge >= 0.3 is 0 Å². The normalized spacial score (nSPS) is 27.9. The Morgan fingerprint density at radius 1 is 1.26 bits per heavy atom. The topological polar surface area (TPSA) is 29.0 Å². The lowest BCUT2D eigenvalue weighted by Crippen LogP contribution is -2.46. The van der Waals surface area contributed by atoms with Crippen molar-refractivity contribution in [1.29, 1.82) is 0 Å². The molecule has 3 nitrogen and oxygen atoms in total. The first-order valence-corrected chi connectivity index (χ1v) is 7.56. The molecule has 1 saturated heterocycles. The maximum Gasteiger partial charge on any atom is 0.138 e. The molecule has 0 aliphatic carbocycles.